The van der Waals surface area contributed by atoms with Crippen molar-refractivity contribution in [3.05, 3.63) is 153 Å². The Kier molecular flexibility index (Phi) is 13.3. The molecule has 10 N–H and O–H groups in total. The van der Waals surface area contributed by atoms with Crippen LogP contribution in [-0.4, -0.2) is 96.2 Å². The summed E-state index contributed by atoms with van der Waals surface area (Å²) >= 11 is 0. The van der Waals surface area contributed by atoms with Crippen LogP contribution in [0.4, 0.5) is 5.82 Å². The lowest BCUT2D eigenvalue weighted by Crippen LogP contribution is -2.43. The van der Waals surface area contributed by atoms with Crippen molar-refractivity contribution in [1.29, 1.82) is 0 Å². The molecule has 1 saturated carbocycles. The molecular formula is C60H64N4O9. The maximum atomic E-state index is 16.1. The summed E-state index contributed by atoms with van der Waals surface area (Å²) in [6.45, 7) is -0.116. The molecule has 12 rings (SSSR count). The van der Waals surface area contributed by atoms with E-state index in [2.05, 4.69) is 38.5 Å². The second-order valence-corrected chi connectivity index (χ2v) is 21.1. The van der Waals surface area contributed by atoms with E-state index in [0.29, 0.717) is 47.5 Å². The number of anilines is 1. The fourth-order valence-electron chi connectivity index (χ4n) is 12.7. The van der Waals surface area contributed by atoms with Gasteiger partial charge in [-0.05, 0) is 140 Å². The van der Waals surface area contributed by atoms with Crippen LogP contribution in [-0.2, 0) is 22.4 Å². The topological polar surface area (TPSA) is 220 Å². The number of ketones is 2. The standard InChI is InChI=1S/C60H64N4O9/c1-61-32-36-11-15-49-46-30-50-41(19-24-62-50)48(31-60(72)22-17-34-5-4-8-51(66)38(34)18-23-60)54(46)58(71)44(21-26-65)52(67)16-9-33-27-47(57(70)53(28-33)73-37-6-2-3-7-37)55(68)35-10-12-39-42(56(36)69)14-13-40(45(39)29-35)43-20-25-63-59(43)64-49/h4-5,8,10,12-14,18-20,23-25,27-30,36-37,40,42,44,48-49,54-56,61-66,68-70,72H,2-3,6-7,9,16-17,21-22,26,31-32H2,1H3. The molecule has 0 amide bonds. The lowest BCUT2D eigenvalue weighted by atomic mass is 9.65. The van der Waals surface area contributed by atoms with Gasteiger partial charge in [-0.15, -0.1) is 0 Å². The average Bonchev–Trinajstić information content (AvgIpc) is 4.18. The molecule has 73 heavy (non-hydrogen) atoms. The summed E-state index contributed by atoms with van der Waals surface area (Å²) in [4.78, 5) is 37.9. The number of aromatic amines is 2. The van der Waals surface area contributed by atoms with E-state index in [9.17, 15) is 35.4 Å². The Hall–Kier alpha value is -6.66. The van der Waals surface area contributed by atoms with Gasteiger partial charge < -0.3 is 56.0 Å². The number of carbonyl (C=O) groups is 2. The van der Waals surface area contributed by atoms with Crippen LogP contribution in [0.2, 0.25) is 0 Å². The highest BCUT2D eigenvalue weighted by Crippen LogP contribution is 2.50. The fraction of sp³-hybridized carbons (Fsp3) is 0.400. The van der Waals surface area contributed by atoms with Gasteiger partial charge in [-0.1, -0.05) is 66.5 Å². The van der Waals surface area contributed by atoms with E-state index >= 15 is 4.79 Å². The molecule has 3 aliphatic heterocycles. The van der Waals surface area contributed by atoms with E-state index in [0.717, 1.165) is 59.2 Å². The van der Waals surface area contributed by atoms with Gasteiger partial charge >= 0.3 is 0 Å². The number of phenolic OH excluding ortho intramolecular Hbond substituents is 2. The molecule has 5 heterocycles. The number of aryl methyl sites for hydroxylation is 2. The summed E-state index contributed by atoms with van der Waals surface area (Å²) in [5, 5.41) is 78.3. The number of aliphatic hydroxyl groups is 4. The number of aromatic nitrogens is 2. The van der Waals surface area contributed by atoms with Gasteiger partial charge in [0.15, 0.2) is 17.3 Å². The Balaban J connectivity index is 1.11. The zero-order valence-corrected chi connectivity index (χ0v) is 41.0. The van der Waals surface area contributed by atoms with Crippen molar-refractivity contribution in [2.24, 2.45) is 17.8 Å². The second kappa shape index (κ2) is 20.0. The molecule has 1 fully saturated rings. The predicted molar refractivity (Wildman–Crippen MR) is 278 cm³/mol. The Morgan fingerprint density at radius 2 is 1.70 bits per heavy atom. The average molecular weight is 985 g/mol. The summed E-state index contributed by atoms with van der Waals surface area (Å²) in [7, 11) is 1.81. The van der Waals surface area contributed by atoms with Gasteiger partial charge in [0.2, 0.25) is 0 Å². The molecule has 10 unspecified atom stereocenters. The highest BCUT2D eigenvalue weighted by Gasteiger charge is 2.47. The van der Waals surface area contributed by atoms with E-state index in [1.807, 2.05) is 68.0 Å². The van der Waals surface area contributed by atoms with Crippen molar-refractivity contribution in [1.82, 2.24) is 15.3 Å². The zero-order chi connectivity index (χ0) is 50.5. The number of allylic oxidation sites excluding steroid dienone is 1. The van der Waals surface area contributed by atoms with E-state index in [1.165, 1.54) is 0 Å². The summed E-state index contributed by atoms with van der Waals surface area (Å²) in [5.74, 6) is 2.44. The van der Waals surface area contributed by atoms with Gasteiger partial charge in [-0.25, -0.2) is 0 Å². The van der Waals surface area contributed by atoms with E-state index in [4.69, 9.17) is 4.74 Å². The minimum Gasteiger partial charge on any atom is -0.507 e. The number of fused-ring (bicyclic) bond motifs is 8. The normalized spacial score (nSPS) is 28.6. The van der Waals surface area contributed by atoms with Gasteiger partial charge in [0.25, 0.3) is 0 Å². The molecule has 4 aliphatic carbocycles. The van der Waals surface area contributed by atoms with Gasteiger partial charge in [-0.3, -0.25) is 9.59 Å². The van der Waals surface area contributed by atoms with Crippen molar-refractivity contribution < 1.29 is 45.0 Å². The van der Waals surface area contributed by atoms with Gasteiger partial charge in [0, 0.05) is 78.0 Å². The highest BCUT2D eigenvalue weighted by molar-refractivity contribution is 6.05. The van der Waals surface area contributed by atoms with Gasteiger partial charge in [-0.2, -0.15) is 0 Å². The first-order chi connectivity index (χ1) is 35.4. The molecule has 0 saturated heterocycles. The second-order valence-electron chi connectivity index (χ2n) is 21.1. The van der Waals surface area contributed by atoms with E-state index in [1.54, 1.807) is 36.4 Å². The number of phenols is 2. The van der Waals surface area contributed by atoms with Crippen molar-refractivity contribution >= 4 is 29.5 Å². The first-order valence-electron chi connectivity index (χ1n) is 26.0. The molecule has 7 bridgehead atoms. The molecule has 5 aromatic rings. The Morgan fingerprint density at radius 3 is 2.52 bits per heavy atom. The molecule has 378 valence electrons. The van der Waals surface area contributed by atoms with Crippen molar-refractivity contribution in [2.45, 2.75) is 112 Å². The first-order valence-corrected chi connectivity index (χ1v) is 26.0. The number of hydrogen-bond acceptors (Lipinski definition) is 11. The van der Waals surface area contributed by atoms with Gasteiger partial charge in [0.05, 0.1) is 29.6 Å². The number of carbonyl (C=O) groups excluding carboxylic acids is 2. The molecule has 13 nitrogen and oxygen atoms in total. The van der Waals surface area contributed by atoms with Crippen LogP contribution in [0, 0.1) is 29.6 Å². The summed E-state index contributed by atoms with van der Waals surface area (Å²) < 4.78 is 6.46. The van der Waals surface area contributed by atoms with Crippen LogP contribution in [0.25, 0.3) is 12.2 Å². The maximum Gasteiger partial charge on any atom is 0.163 e. The minimum atomic E-state index is -1.47. The molecule has 2 aromatic heterocycles. The van der Waals surface area contributed by atoms with Crippen LogP contribution in [0.5, 0.6) is 17.2 Å². The predicted octanol–water partition coefficient (Wildman–Crippen LogP) is 7.60. The van der Waals surface area contributed by atoms with Gasteiger partial charge in [0.1, 0.15) is 29.5 Å². The third kappa shape index (κ3) is 9.14. The van der Waals surface area contributed by atoms with E-state index in [-0.39, 0.29) is 66.3 Å². The largest absolute Gasteiger partial charge is 0.507 e. The third-order valence-corrected chi connectivity index (χ3v) is 16.6. The zero-order valence-electron chi connectivity index (χ0n) is 41.0. The summed E-state index contributed by atoms with van der Waals surface area (Å²) in [6, 6.07) is 17.5. The molecule has 3 aromatic carbocycles. The SMILES string of the molecule is CNCC1C#CC2Nc3[nH]ccc3C3C=CC(c4ccc(cc43)C(O)c3cc(cc(OC4CCCC4)c3O)CCC(=O)C(CCO)C(=O)C3C2=Cc2[nH]ccc2C3CC2(O)C=Cc3c(O)cccc3CC2)C1O. The Morgan fingerprint density at radius 1 is 0.877 bits per heavy atom. The Labute approximate surface area is 425 Å². The number of ether oxygens (including phenoxy) is 1. The minimum absolute atomic E-state index is 0.0714. The number of benzene rings is 3. The van der Waals surface area contributed by atoms with Crippen LogP contribution >= 0.6 is 0 Å². The Bertz CT molecular complexity index is 3090. The lowest BCUT2D eigenvalue weighted by Gasteiger charge is -2.40. The number of aromatic hydroxyl groups is 2. The quantitative estimate of drug-likeness (QED) is 0.0415. The smallest absolute Gasteiger partial charge is 0.163 e. The molecular weight excluding hydrogens is 921 g/mol. The van der Waals surface area contributed by atoms with Crippen molar-refractivity contribution in [3.63, 3.8) is 0 Å². The molecule has 7 aliphatic rings. The molecule has 0 radical (unpaired) electrons. The first kappa shape index (κ1) is 48.6. The number of Topliss-reactive ketones (excluding diaryl/α,β-unsaturated/α-hetero) is 2. The maximum absolute atomic E-state index is 16.1. The molecule has 0 spiro atoms. The van der Waals surface area contributed by atoms with Crippen molar-refractivity contribution in [3.8, 4) is 29.1 Å². The molecule has 13 heteroatoms. The number of hydrogen-bond donors (Lipinski definition) is 10. The highest BCUT2D eigenvalue weighted by atomic mass is 16.5. The number of H-pyrrole nitrogens is 2. The van der Waals surface area contributed by atoms with Crippen LogP contribution in [0.3, 0.4) is 0 Å². The van der Waals surface area contributed by atoms with Crippen molar-refractivity contribution in [2.75, 3.05) is 25.5 Å². The summed E-state index contributed by atoms with van der Waals surface area (Å²) in [5.41, 5.74) is 6.06. The lowest BCUT2D eigenvalue weighted by molar-refractivity contribution is -0.135. The fourth-order valence-corrected chi connectivity index (χ4v) is 12.7. The number of rotatable bonds is 8. The van der Waals surface area contributed by atoms with E-state index < -0.39 is 65.8 Å². The molecule has 10 atom stereocenters. The summed E-state index contributed by atoms with van der Waals surface area (Å²) in [6.07, 6.45) is 15.1. The number of aliphatic hydroxyl groups excluding tert-OH is 3. The van der Waals surface area contributed by atoms with Crippen LogP contribution in [0.15, 0.2) is 96.9 Å². The number of nitrogens with one attached hydrogen (secondary N) is 4. The third-order valence-electron chi connectivity index (χ3n) is 16.6. The monoisotopic (exact) mass is 984 g/mol. The van der Waals surface area contributed by atoms with Crippen LogP contribution in [0.1, 0.15) is 131 Å². The van der Waals surface area contributed by atoms with Crippen LogP contribution < -0.4 is 15.4 Å².